The molecule has 5 rings (SSSR count). The van der Waals surface area contributed by atoms with Gasteiger partial charge in [0.05, 0.1) is 17.0 Å². The summed E-state index contributed by atoms with van der Waals surface area (Å²) in [5.74, 6) is -0.574. The van der Waals surface area contributed by atoms with Gasteiger partial charge in [0.25, 0.3) is 11.8 Å². The second kappa shape index (κ2) is 3.77. The summed E-state index contributed by atoms with van der Waals surface area (Å²) >= 11 is 0. The molecule has 112 valence electrons. The number of benzene rings is 1. The molecule has 3 aliphatic carbocycles. The van der Waals surface area contributed by atoms with Crippen LogP contribution in [0.1, 0.15) is 46.4 Å². The molecule has 5 heteroatoms. The monoisotopic (exact) mass is 297 g/mol. The first-order valence-electron chi connectivity index (χ1n) is 7.81. The van der Waals surface area contributed by atoms with Crippen molar-refractivity contribution in [2.45, 2.75) is 25.7 Å². The smallest absolute Gasteiger partial charge is 0.329 e. The van der Waals surface area contributed by atoms with Crippen LogP contribution < -0.4 is 0 Å². The molecule has 4 unspecified atom stereocenters. The molecule has 5 nitrogen and oxygen atoms in total. The highest BCUT2D eigenvalue weighted by Gasteiger charge is 2.72. The Bertz CT molecular complexity index is 707. The van der Waals surface area contributed by atoms with Crippen molar-refractivity contribution in [1.29, 1.82) is 0 Å². The van der Waals surface area contributed by atoms with E-state index in [1.807, 2.05) is 0 Å². The number of amides is 2. The number of fused-ring (bicyclic) bond motifs is 1. The van der Waals surface area contributed by atoms with Crippen LogP contribution in [0.25, 0.3) is 0 Å². The van der Waals surface area contributed by atoms with Crippen molar-refractivity contribution in [3.05, 3.63) is 35.4 Å². The van der Waals surface area contributed by atoms with E-state index in [9.17, 15) is 14.4 Å². The first kappa shape index (κ1) is 12.4. The average molecular weight is 297 g/mol. The van der Waals surface area contributed by atoms with Crippen LogP contribution in [0.4, 0.5) is 0 Å². The largest absolute Gasteiger partial charge is 0.336 e. The van der Waals surface area contributed by atoms with Gasteiger partial charge in [-0.25, -0.2) is 4.79 Å². The Hall–Kier alpha value is -2.17. The highest BCUT2D eigenvalue weighted by Crippen LogP contribution is 2.77. The van der Waals surface area contributed by atoms with Crippen LogP contribution in [0, 0.1) is 23.2 Å². The van der Waals surface area contributed by atoms with Crippen LogP contribution in [0.15, 0.2) is 24.3 Å². The Morgan fingerprint density at radius 1 is 1.18 bits per heavy atom. The van der Waals surface area contributed by atoms with Crippen LogP contribution in [0.3, 0.4) is 0 Å². The molecule has 0 N–H and O–H groups in total. The molecule has 0 aromatic heterocycles. The van der Waals surface area contributed by atoms with Crippen molar-refractivity contribution in [3.63, 3.8) is 0 Å². The molecular formula is C17H15NO4. The first-order valence-corrected chi connectivity index (χ1v) is 7.81. The lowest BCUT2D eigenvalue weighted by atomic mass is 9.71. The van der Waals surface area contributed by atoms with Gasteiger partial charge in [-0.05, 0) is 55.1 Å². The van der Waals surface area contributed by atoms with Crippen LogP contribution in [0.5, 0.6) is 0 Å². The molecule has 0 bridgehead atoms. The minimum absolute atomic E-state index is 0.142. The molecule has 0 saturated heterocycles. The van der Waals surface area contributed by atoms with E-state index in [2.05, 4.69) is 0 Å². The summed E-state index contributed by atoms with van der Waals surface area (Å²) in [6.45, 7) is 0. The van der Waals surface area contributed by atoms with Crippen molar-refractivity contribution in [1.82, 2.24) is 5.06 Å². The summed E-state index contributed by atoms with van der Waals surface area (Å²) in [5.41, 5.74) is 1.01. The zero-order valence-electron chi connectivity index (χ0n) is 12.0. The standard InChI is InChI=1S/C17H15NO4/c19-14-10-3-1-2-4-11(10)15(20)18(14)22-16(21)12-7-9-5-6-17(9)8-13(12)17/h1-4,9,12-13H,5-8H2. The van der Waals surface area contributed by atoms with E-state index in [0.717, 1.165) is 12.8 Å². The molecule has 3 saturated carbocycles. The highest BCUT2D eigenvalue weighted by molar-refractivity contribution is 6.20. The normalized spacial score (nSPS) is 37.3. The fourth-order valence-corrected chi connectivity index (χ4v) is 4.86. The topological polar surface area (TPSA) is 63.7 Å². The molecule has 22 heavy (non-hydrogen) atoms. The summed E-state index contributed by atoms with van der Waals surface area (Å²) in [6, 6.07) is 6.54. The lowest BCUT2D eigenvalue weighted by molar-refractivity contribution is -0.174. The third-order valence-electron chi connectivity index (χ3n) is 6.21. The summed E-state index contributed by atoms with van der Waals surface area (Å²) in [4.78, 5) is 42.1. The summed E-state index contributed by atoms with van der Waals surface area (Å²) in [5, 5.41) is 0.641. The third kappa shape index (κ3) is 1.32. The number of nitrogens with zero attached hydrogens (tertiary/aromatic N) is 1. The minimum Gasteiger partial charge on any atom is -0.329 e. The quantitative estimate of drug-likeness (QED) is 0.785. The van der Waals surface area contributed by atoms with Crippen molar-refractivity contribution in [2.75, 3.05) is 0 Å². The fraction of sp³-hybridized carbons (Fsp3) is 0.471. The van der Waals surface area contributed by atoms with Gasteiger partial charge in [-0.1, -0.05) is 17.2 Å². The van der Waals surface area contributed by atoms with Gasteiger partial charge >= 0.3 is 5.97 Å². The molecule has 0 radical (unpaired) electrons. The number of rotatable bonds is 2. The van der Waals surface area contributed by atoms with Crippen molar-refractivity contribution in [3.8, 4) is 0 Å². The molecule has 1 aromatic carbocycles. The highest BCUT2D eigenvalue weighted by atomic mass is 16.7. The zero-order chi connectivity index (χ0) is 15.1. The predicted molar refractivity (Wildman–Crippen MR) is 74.4 cm³/mol. The maximum Gasteiger partial charge on any atom is 0.336 e. The van der Waals surface area contributed by atoms with Gasteiger partial charge in [-0.2, -0.15) is 0 Å². The van der Waals surface area contributed by atoms with Gasteiger partial charge in [0.2, 0.25) is 0 Å². The van der Waals surface area contributed by atoms with Crippen molar-refractivity contribution < 1.29 is 19.2 Å². The van der Waals surface area contributed by atoms with E-state index in [1.165, 1.54) is 12.8 Å². The van der Waals surface area contributed by atoms with E-state index in [0.29, 0.717) is 33.4 Å². The van der Waals surface area contributed by atoms with Gasteiger partial charge in [0.15, 0.2) is 0 Å². The van der Waals surface area contributed by atoms with Crippen LogP contribution in [-0.4, -0.2) is 22.8 Å². The Morgan fingerprint density at radius 2 is 1.86 bits per heavy atom. The zero-order valence-corrected chi connectivity index (χ0v) is 12.0. The van der Waals surface area contributed by atoms with Crippen molar-refractivity contribution in [2.24, 2.45) is 23.2 Å². The van der Waals surface area contributed by atoms with E-state index in [1.54, 1.807) is 24.3 Å². The third-order valence-corrected chi connectivity index (χ3v) is 6.21. The summed E-state index contributed by atoms with van der Waals surface area (Å²) < 4.78 is 0. The number of carbonyl (C=O) groups excluding carboxylic acids is 3. The Kier molecular flexibility index (Phi) is 2.12. The maximum atomic E-state index is 12.4. The summed E-state index contributed by atoms with van der Waals surface area (Å²) in [7, 11) is 0. The Labute approximate surface area is 127 Å². The van der Waals surface area contributed by atoms with Crippen LogP contribution in [-0.2, 0) is 9.63 Å². The lowest BCUT2D eigenvalue weighted by Gasteiger charge is -2.34. The SMILES string of the molecule is O=C(ON1C(=O)c2ccccc2C1=O)C1CC2CCC23CC13. The minimum atomic E-state index is -0.541. The van der Waals surface area contributed by atoms with Gasteiger partial charge in [0.1, 0.15) is 0 Å². The van der Waals surface area contributed by atoms with E-state index in [4.69, 9.17) is 4.84 Å². The van der Waals surface area contributed by atoms with Crippen LogP contribution in [0.2, 0.25) is 0 Å². The number of hydrogen-bond acceptors (Lipinski definition) is 4. The average Bonchev–Trinajstić information content (AvgIpc) is 3.18. The molecule has 4 atom stereocenters. The predicted octanol–water partition coefficient (Wildman–Crippen LogP) is 2.18. The molecular weight excluding hydrogens is 282 g/mol. The molecule has 1 aliphatic heterocycles. The van der Waals surface area contributed by atoms with Gasteiger partial charge in [0, 0.05) is 0 Å². The molecule has 1 aromatic rings. The van der Waals surface area contributed by atoms with Gasteiger partial charge in [-0.3, -0.25) is 9.59 Å². The van der Waals surface area contributed by atoms with Gasteiger partial charge < -0.3 is 4.84 Å². The van der Waals surface area contributed by atoms with E-state index >= 15 is 0 Å². The number of hydroxylamine groups is 2. The number of imide groups is 1. The maximum absolute atomic E-state index is 12.4. The molecule has 1 spiro atoms. The fourth-order valence-electron chi connectivity index (χ4n) is 4.86. The van der Waals surface area contributed by atoms with Crippen LogP contribution >= 0.6 is 0 Å². The Balaban J connectivity index is 1.36. The lowest BCUT2D eigenvalue weighted by Crippen LogP contribution is -2.35. The van der Waals surface area contributed by atoms with Gasteiger partial charge in [-0.15, -0.1) is 0 Å². The first-order chi connectivity index (χ1) is 10.6. The van der Waals surface area contributed by atoms with E-state index in [-0.39, 0.29) is 5.92 Å². The molecule has 3 fully saturated rings. The second-order valence-electron chi connectivity index (χ2n) is 6.98. The Morgan fingerprint density at radius 3 is 2.32 bits per heavy atom. The summed E-state index contributed by atoms with van der Waals surface area (Å²) in [6.07, 6.45) is 4.39. The molecule has 2 amide bonds. The van der Waals surface area contributed by atoms with Crippen molar-refractivity contribution >= 4 is 17.8 Å². The number of carbonyl (C=O) groups is 3. The molecule has 4 aliphatic rings. The number of hydrogen-bond donors (Lipinski definition) is 0. The molecule has 1 heterocycles. The second-order valence-corrected chi connectivity index (χ2v) is 6.98. The van der Waals surface area contributed by atoms with E-state index < -0.39 is 17.8 Å².